The summed E-state index contributed by atoms with van der Waals surface area (Å²) in [6.45, 7) is 0.602. The van der Waals surface area contributed by atoms with Crippen LogP contribution in [0.15, 0.2) is 41.4 Å². The van der Waals surface area contributed by atoms with Crippen LogP contribution in [0.2, 0.25) is 5.02 Å². The quantitative estimate of drug-likeness (QED) is 0.761. The topological polar surface area (TPSA) is 98.7 Å². The average Bonchev–Trinajstić information content (AvgIpc) is 3.16. The number of amides is 1. The van der Waals surface area contributed by atoms with Gasteiger partial charge in [0.1, 0.15) is 6.54 Å². The van der Waals surface area contributed by atoms with E-state index in [0.29, 0.717) is 17.4 Å². The molecule has 0 aromatic carbocycles. The molecule has 0 spiro atoms. The lowest BCUT2D eigenvalue weighted by atomic mass is 10.3. The number of carbonyl (C=O) groups is 1. The van der Waals surface area contributed by atoms with Gasteiger partial charge in [-0.05, 0) is 11.6 Å². The molecule has 9 heteroatoms. The first-order chi connectivity index (χ1) is 10.7. The number of pyridine rings is 1. The van der Waals surface area contributed by atoms with Crippen molar-refractivity contribution >= 4 is 17.5 Å². The SMILES string of the molecule is O=C(NCc1cccnc1)c1nc(Cn2cc(Cl)cn2)no1. The molecule has 0 aliphatic heterocycles. The van der Waals surface area contributed by atoms with E-state index in [9.17, 15) is 4.79 Å². The van der Waals surface area contributed by atoms with Gasteiger partial charge in [-0.1, -0.05) is 22.8 Å². The molecule has 0 saturated carbocycles. The second-order valence-corrected chi connectivity index (χ2v) is 4.85. The lowest BCUT2D eigenvalue weighted by Gasteiger charge is -2.00. The van der Waals surface area contributed by atoms with Crippen molar-refractivity contribution in [2.24, 2.45) is 0 Å². The van der Waals surface area contributed by atoms with Crippen LogP contribution in [0.4, 0.5) is 0 Å². The summed E-state index contributed by atoms with van der Waals surface area (Å²) in [5.74, 6) is -0.204. The highest BCUT2D eigenvalue weighted by atomic mass is 35.5. The highest BCUT2D eigenvalue weighted by Gasteiger charge is 2.15. The Labute approximate surface area is 130 Å². The summed E-state index contributed by atoms with van der Waals surface area (Å²) in [6.07, 6.45) is 6.46. The highest BCUT2D eigenvalue weighted by molar-refractivity contribution is 6.30. The molecule has 1 amide bonds. The molecule has 0 bridgehead atoms. The van der Waals surface area contributed by atoms with Crippen molar-refractivity contribution in [3.8, 4) is 0 Å². The molecule has 3 rings (SSSR count). The van der Waals surface area contributed by atoms with Crippen LogP contribution in [0.1, 0.15) is 22.1 Å². The Morgan fingerprint density at radius 3 is 3.05 bits per heavy atom. The Balaban J connectivity index is 1.59. The molecule has 3 heterocycles. The second kappa shape index (κ2) is 6.35. The minimum atomic E-state index is -0.443. The second-order valence-electron chi connectivity index (χ2n) is 4.42. The largest absolute Gasteiger partial charge is 0.344 e. The summed E-state index contributed by atoms with van der Waals surface area (Å²) < 4.78 is 6.48. The molecule has 112 valence electrons. The Morgan fingerprint density at radius 1 is 1.41 bits per heavy atom. The smallest absolute Gasteiger partial charge is 0.316 e. The molecule has 1 N–H and O–H groups in total. The van der Waals surface area contributed by atoms with Crippen molar-refractivity contribution in [1.29, 1.82) is 0 Å². The number of carbonyl (C=O) groups excluding carboxylic acids is 1. The zero-order valence-electron chi connectivity index (χ0n) is 11.3. The number of halogens is 1. The van der Waals surface area contributed by atoms with Crippen LogP contribution in [0, 0.1) is 0 Å². The van der Waals surface area contributed by atoms with Gasteiger partial charge < -0.3 is 9.84 Å². The predicted octanol–water partition coefficient (Wildman–Crippen LogP) is 1.29. The van der Waals surface area contributed by atoms with Crippen LogP contribution in [-0.4, -0.2) is 30.8 Å². The predicted molar refractivity (Wildman–Crippen MR) is 76.0 cm³/mol. The Kier molecular flexibility index (Phi) is 4.10. The van der Waals surface area contributed by atoms with Crippen molar-refractivity contribution in [2.45, 2.75) is 13.1 Å². The van der Waals surface area contributed by atoms with Gasteiger partial charge in [0.05, 0.1) is 11.2 Å². The summed E-state index contributed by atoms with van der Waals surface area (Å²) in [5, 5.41) is 10.9. The maximum atomic E-state index is 11.9. The van der Waals surface area contributed by atoms with Gasteiger partial charge in [-0.2, -0.15) is 10.1 Å². The number of aromatic nitrogens is 5. The van der Waals surface area contributed by atoms with Gasteiger partial charge in [0, 0.05) is 25.1 Å². The van der Waals surface area contributed by atoms with E-state index >= 15 is 0 Å². The summed E-state index contributed by atoms with van der Waals surface area (Å²) in [7, 11) is 0. The fourth-order valence-electron chi connectivity index (χ4n) is 1.74. The lowest BCUT2D eigenvalue weighted by Crippen LogP contribution is -2.23. The van der Waals surface area contributed by atoms with E-state index in [1.807, 2.05) is 6.07 Å². The van der Waals surface area contributed by atoms with Crippen molar-refractivity contribution in [2.75, 3.05) is 0 Å². The first kappa shape index (κ1) is 14.2. The highest BCUT2D eigenvalue weighted by Crippen LogP contribution is 2.06. The van der Waals surface area contributed by atoms with Gasteiger partial charge in [0.15, 0.2) is 5.82 Å². The molecule has 22 heavy (non-hydrogen) atoms. The zero-order chi connectivity index (χ0) is 15.4. The molecule has 0 aliphatic rings. The van der Waals surface area contributed by atoms with Crippen LogP contribution in [0.3, 0.4) is 0 Å². The van der Waals surface area contributed by atoms with Crippen LogP contribution < -0.4 is 5.32 Å². The number of nitrogens with one attached hydrogen (secondary N) is 1. The average molecular weight is 319 g/mol. The molecular weight excluding hydrogens is 308 g/mol. The van der Waals surface area contributed by atoms with Crippen molar-refractivity contribution in [1.82, 2.24) is 30.2 Å². The zero-order valence-corrected chi connectivity index (χ0v) is 12.1. The van der Waals surface area contributed by atoms with Gasteiger partial charge in [-0.15, -0.1) is 0 Å². The molecular formula is C13H11ClN6O2. The molecule has 0 fully saturated rings. The third kappa shape index (κ3) is 3.47. The fraction of sp³-hybridized carbons (Fsp3) is 0.154. The Morgan fingerprint density at radius 2 is 2.32 bits per heavy atom. The Hall–Kier alpha value is -2.74. The summed E-state index contributed by atoms with van der Waals surface area (Å²) >= 11 is 5.76. The van der Waals surface area contributed by atoms with Gasteiger partial charge >= 0.3 is 11.8 Å². The van der Waals surface area contributed by atoms with Gasteiger partial charge in [-0.25, -0.2) is 0 Å². The van der Waals surface area contributed by atoms with E-state index in [2.05, 4.69) is 25.5 Å². The maximum absolute atomic E-state index is 11.9. The molecule has 8 nitrogen and oxygen atoms in total. The van der Waals surface area contributed by atoms with Gasteiger partial charge in [0.2, 0.25) is 0 Å². The fourth-order valence-corrected chi connectivity index (χ4v) is 1.90. The van der Waals surface area contributed by atoms with Crippen LogP contribution in [0.25, 0.3) is 0 Å². The number of hydrogen-bond donors (Lipinski definition) is 1. The van der Waals surface area contributed by atoms with Gasteiger partial charge in [-0.3, -0.25) is 14.5 Å². The van der Waals surface area contributed by atoms with Crippen molar-refractivity contribution < 1.29 is 9.32 Å². The molecule has 0 unspecified atom stereocenters. The third-order valence-electron chi connectivity index (χ3n) is 2.74. The molecule has 0 aliphatic carbocycles. The first-order valence-corrected chi connectivity index (χ1v) is 6.76. The first-order valence-electron chi connectivity index (χ1n) is 6.38. The molecule has 3 aromatic rings. The van der Waals surface area contributed by atoms with E-state index in [1.54, 1.807) is 29.3 Å². The maximum Gasteiger partial charge on any atom is 0.316 e. The van der Waals surface area contributed by atoms with Crippen LogP contribution >= 0.6 is 11.6 Å². The lowest BCUT2D eigenvalue weighted by molar-refractivity contribution is 0.0907. The number of rotatable bonds is 5. The summed E-state index contributed by atoms with van der Waals surface area (Å²) in [6, 6.07) is 3.65. The molecule has 0 radical (unpaired) electrons. The van der Waals surface area contributed by atoms with Crippen LogP contribution in [-0.2, 0) is 13.1 Å². The minimum Gasteiger partial charge on any atom is -0.344 e. The summed E-state index contributed by atoms with van der Waals surface area (Å²) in [4.78, 5) is 19.9. The normalized spacial score (nSPS) is 10.6. The van der Waals surface area contributed by atoms with Crippen molar-refractivity contribution in [3.63, 3.8) is 0 Å². The Bertz CT molecular complexity index is 770. The third-order valence-corrected chi connectivity index (χ3v) is 2.94. The van der Waals surface area contributed by atoms with E-state index < -0.39 is 5.91 Å². The standard InChI is InChI=1S/C13H11ClN6O2/c14-10-6-17-20(7-10)8-11-18-13(22-19-11)12(21)16-5-9-2-1-3-15-4-9/h1-4,6-7H,5,8H2,(H,16,21). The van der Waals surface area contributed by atoms with Crippen molar-refractivity contribution in [3.05, 3.63) is 59.2 Å². The van der Waals surface area contributed by atoms with E-state index in [0.717, 1.165) is 5.56 Å². The molecule has 0 atom stereocenters. The van der Waals surface area contributed by atoms with E-state index in [1.165, 1.54) is 6.20 Å². The van der Waals surface area contributed by atoms with E-state index in [-0.39, 0.29) is 12.4 Å². The number of hydrogen-bond acceptors (Lipinski definition) is 6. The monoisotopic (exact) mass is 318 g/mol. The van der Waals surface area contributed by atoms with Gasteiger partial charge in [0.25, 0.3) is 0 Å². The minimum absolute atomic E-state index is 0.0999. The summed E-state index contributed by atoms with van der Waals surface area (Å²) in [5.41, 5.74) is 0.877. The number of nitrogens with zero attached hydrogens (tertiary/aromatic N) is 5. The van der Waals surface area contributed by atoms with Crippen LogP contribution in [0.5, 0.6) is 0 Å². The molecule has 0 saturated heterocycles. The molecule has 3 aromatic heterocycles. The van der Waals surface area contributed by atoms with E-state index in [4.69, 9.17) is 16.1 Å².